The van der Waals surface area contributed by atoms with Gasteiger partial charge in [-0.05, 0) is 34.2 Å². The average molecular weight is 276 g/mol. The predicted molar refractivity (Wildman–Crippen MR) is 62.8 cm³/mol. The molecule has 0 bridgehead atoms. The van der Waals surface area contributed by atoms with Crippen molar-refractivity contribution in [2.75, 3.05) is 18.0 Å². The summed E-state index contributed by atoms with van der Waals surface area (Å²) in [5.74, 6) is 0. The Kier molecular flexibility index (Phi) is 2.79. The Morgan fingerprint density at radius 1 is 1.43 bits per heavy atom. The molecule has 14 heavy (non-hydrogen) atoms. The van der Waals surface area contributed by atoms with Crippen molar-refractivity contribution < 1.29 is 0 Å². The van der Waals surface area contributed by atoms with Crippen LogP contribution in [0.2, 0.25) is 0 Å². The van der Waals surface area contributed by atoms with Crippen LogP contribution in [0.5, 0.6) is 0 Å². The van der Waals surface area contributed by atoms with Crippen LogP contribution in [0.1, 0.15) is 26.7 Å². The van der Waals surface area contributed by atoms with E-state index in [1.165, 1.54) is 12.8 Å². The van der Waals surface area contributed by atoms with Gasteiger partial charge >= 0.3 is 0 Å². The monoisotopic (exact) mass is 275 g/mol. The first kappa shape index (κ1) is 10.4. The van der Waals surface area contributed by atoms with Gasteiger partial charge in [0.15, 0.2) is 3.92 Å². The van der Waals surface area contributed by atoms with Gasteiger partial charge in [-0.2, -0.15) is 0 Å². The van der Waals surface area contributed by atoms with E-state index in [1.807, 2.05) is 0 Å². The molecule has 0 radical (unpaired) electrons. The molecule has 1 aliphatic rings. The molecule has 0 amide bonds. The Bertz CT molecular complexity index is 324. The van der Waals surface area contributed by atoms with E-state index in [9.17, 15) is 0 Å². The van der Waals surface area contributed by atoms with E-state index in [4.69, 9.17) is 0 Å². The van der Waals surface area contributed by atoms with Crippen LogP contribution in [-0.2, 0) is 0 Å². The molecule has 1 aromatic heterocycles. The highest BCUT2D eigenvalue weighted by molar-refractivity contribution is 9.11. The molecule has 3 nitrogen and oxygen atoms in total. The van der Waals surface area contributed by atoms with Gasteiger partial charge in [-0.25, -0.2) is 0 Å². The van der Waals surface area contributed by atoms with E-state index in [0.29, 0.717) is 5.41 Å². The number of halogens is 1. The SMILES string of the molecule is CC1(C)CCCN(c2nnc(Br)s2)C1. The molecule has 0 aliphatic carbocycles. The molecule has 1 saturated heterocycles. The standard InChI is InChI=1S/C9H14BrN3S/c1-9(2)4-3-5-13(6-9)8-12-11-7(10)14-8/h3-6H2,1-2H3. The van der Waals surface area contributed by atoms with Crippen molar-refractivity contribution in [1.29, 1.82) is 0 Å². The number of aromatic nitrogens is 2. The van der Waals surface area contributed by atoms with E-state index in [-0.39, 0.29) is 0 Å². The van der Waals surface area contributed by atoms with Gasteiger partial charge in [0.2, 0.25) is 5.13 Å². The second kappa shape index (κ2) is 3.77. The summed E-state index contributed by atoms with van der Waals surface area (Å²) in [6, 6.07) is 0. The molecule has 0 aromatic carbocycles. The second-order valence-corrected chi connectivity index (χ2v) is 6.76. The lowest BCUT2D eigenvalue weighted by Crippen LogP contribution is -2.40. The van der Waals surface area contributed by atoms with Crippen molar-refractivity contribution in [2.24, 2.45) is 5.41 Å². The lowest BCUT2D eigenvalue weighted by molar-refractivity contribution is 0.293. The van der Waals surface area contributed by atoms with Crippen molar-refractivity contribution in [3.05, 3.63) is 3.92 Å². The minimum atomic E-state index is 0.413. The number of piperidine rings is 1. The van der Waals surface area contributed by atoms with Crippen molar-refractivity contribution in [1.82, 2.24) is 10.2 Å². The van der Waals surface area contributed by atoms with E-state index in [0.717, 1.165) is 22.1 Å². The maximum atomic E-state index is 4.15. The van der Waals surface area contributed by atoms with Gasteiger partial charge in [0.05, 0.1) is 0 Å². The molecule has 0 saturated carbocycles. The molecule has 5 heteroatoms. The lowest BCUT2D eigenvalue weighted by Gasteiger charge is -2.37. The fraction of sp³-hybridized carbons (Fsp3) is 0.778. The fourth-order valence-electron chi connectivity index (χ4n) is 1.91. The Hall–Kier alpha value is -0.160. The summed E-state index contributed by atoms with van der Waals surface area (Å²) < 4.78 is 0.871. The number of rotatable bonds is 1. The van der Waals surface area contributed by atoms with Crippen LogP contribution in [0.4, 0.5) is 5.13 Å². The summed E-state index contributed by atoms with van der Waals surface area (Å²) in [5.41, 5.74) is 0.413. The molecule has 2 heterocycles. The van der Waals surface area contributed by atoms with Gasteiger partial charge in [0, 0.05) is 13.1 Å². The molecule has 0 unspecified atom stereocenters. The van der Waals surface area contributed by atoms with Crippen LogP contribution in [0, 0.1) is 5.41 Å². The molecular formula is C9H14BrN3S. The number of hydrogen-bond acceptors (Lipinski definition) is 4. The number of nitrogens with zero attached hydrogens (tertiary/aromatic N) is 3. The Morgan fingerprint density at radius 2 is 2.21 bits per heavy atom. The highest BCUT2D eigenvalue weighted by Crippen LogP contribution is 2.33. The number of hydrogen-bond donors (Lipinski definition) is 0. The molecule has 0 spiro atoms. The zero-order chi connectivity index (χ0) is 10.2. The normalized spacial score (nSPS) is 21.2. The minimum absolute atomic E-state index is 0.413. The topological polar surface area (TPSA) is 29.0 Å². The third-order valence-corrected chi connectivity index (χ3v) is 3.98. The lowest BCUT2D eigenvalue weighted by atomic mass is 9.84. The summed E-state index contributed by atoms with van der Waals surface area (Å²) in [6.07, 6.45) is 2.56. The van der Waals surface area contributed by atoms with Gasteiger partial charge in [-0.1, -0.05) is 25.2 Å². The van der Waals surface area contributed by atoms with E-state index in [2.05, 4.69) is 44.9 Å². The Morgan fingerprint density at radius 3 is 2.79 bits per heavy atom. The fourth-order valence-corrected chi connectivity index (χ4v) is 3.03. The van der Waals surface area contributed by atoms with Crippen LogP contribution < -0.4 is 4.90 Å². The van der Waals surface area contributed by atoms with Crippen LogP contribution in [0.3, 0.4) is 0 Å². The number of anilines is 1. The maximum absolute atomic E-state index is 4.15. The quantitative estimate of drug-likeness (QED) is 0.789. The summed E-state index contributed by atoms with van der Waals surface area (Å²) in [7, 11) is 0. The summed E-state index contributed by atoms with van der Waals surface area (Å²) >= 11 is 4.96. The molecule has 78 valence electrons. The third-order valence-electron chi connectivity index (χ3n) is 2.56. The maximum Gasteiger partial charge on any atom is 0.209 e. The van der Waals surface area contributed by atoms with Crippen molar-refractivity contribution in [3.63, 3.8) is 0 Å². The smallest absolute Gasteiger partial charge is 0.209 e. The van der Waals surface area contributed by atoms with Gasteiger partial charge in [0.1, 0.15) is 0 Å². The van der Waals surface area contributed by atoms with Crippen molar-refractivity contribution >= 4 is 32.4 Å². The molecule has 2 rings (SSSR count). The zero-order valence-electron chi connectivity index (χ0n) is 8.46. The molecular weight excluding hydrogens is 262 g/mol. The molecule has 0 atom stereocenters. The Balaban J connectivity index is 2.12. The summed E-state index contributed by atoms with van der Waals surface area (Å²) in [6.45, 7) is 6.84. The van der Waals surface area contributed by atoms with Crippen LogP contribution in [-0.4, -0.2) is 23.3 Å². The largest absolute Gasteiger partial charge is 0.346 e. The predicted octanol–water partition coefficient (Wildman–Crippen LogP) is 2.93. The first-order valence-corrected chi connectivity index (χ1v) is 6.42. The minimum Gasteiger partial charge on any atom is -0.346 e. The highest BCUT2D eigenvalue weighted by atomic mass is 79.9. The molecule has 1 fully saturated rings. The molecule has 1 aliphatic heterocycles. The summed E-state index contributed by atoms with van der Waals surface area (Å²) in [4.78, 5) is 2.34. The Labute approximate surface area is 96.7 Å². The second-order valence-electron chi connectivity index (χ2n) is 4.53. The first-order valence-electron chi connectivity index (χ1n) is 4.81. The van der Waals surface area contributed by atoms with E-state index in [1.54, 1.807) is 11.3 Å². The van der Waals surface area contributed by atoms with Crippen molar-refractivity contribution in [2.45, 2.75) is 26.7 Å². The summed E-state index contributed by atoms with van der Waals surface area (Å²) in [5, 5.41) is 9.18. The molecule has 1 aromatic rings. The van der Waals surface area contributed by atoms with Gasteiger partial charge in [-0.3, -0.25) is 0 Å². The van der Waals surface area contributed by atoms with Crippen LogP contribution in [0.25, 0.3) is 0 Å². The first-order chi connectivity index (χ1) is 6.57. The van der Waals surface area contributed by atoms with Crippen LogP contribution in [0.15, 0.2) is 3.92 Å². The molecule has 0 N–H and O–H groups in total. The highest BCUT2D eigenvalue weighted by Gasteiger charge is 2.27. The van der Waals surface area contributed by atoms with Gasteiger partial charge in [-0.15, -0.1) is 10.2 Å². The van der Waals surface area contributed by atoms with Gasteiger partial charge < -0.3 is 4.90 Å². The zero-order valence-corrected chi connectivity index (χ0v) is 10.9. The van der Waals surface area contributed by atoms with Crippen LogP contribution >= 0.6 is 27.3 Å². The average Bonchev–Trinajstić information content (AvgIpc) is 2.50. The van der Waals surface area contributed by atoms with E-state index < -0.39 is 0 Å². The third kappa shape index (κ3) is 2.25. The van der Waals surface area contributed by atoms with E-state index >= 15 is 0 Å². The van der Waals surface area contributed by atoms with Gasteiger partial charge in [0.25, 0.3) is 0 Å². The van der Waals surface area contributed by atoms with Crippen molar-refractivity contribution in [3.8, 4) is 0 Å².